The smallest absolute Gasteiger partial charge is 0.213 e. The quantitative estimate of drug-likeness (QED) is 0.840. The molecule has 2 heterocycles. The van der Waals surface area contributed by atoms with E-state index >= 15 is 0 Å². The standard InChI is InChI=1S/C14H17FN2O/c1-14(2)6-3-7-16-12(14)13-17-10-8-9(15)4-5-11(10)18-13/h4-5,8,12,16H,3,6-7H2,1-2H3. The van der Waals surface area contributed by atoms with E-state index in [-0.39, 0.29) is 17.3 Å². The lowest BCUT2D eigenvalue weighted by Gasteiger charge is -2.37. The number of fused-ring (bicyclic) bond motifs is 1. The van der Waals surface area contributed by atoms with Crippen molar-refractivity contribution in [1.82, 2.24) is 10.3 Å². The van der Waals surface area contributed by atoms with Gasteiger partial charge in [-0.2, -0.15) is 0 Å². The van der Waals surface area contributed by atoms with Crippen molar-refractivity contribution in [3.05, 3.63) is 29.9 Å². The summed E-state index contributed by atoms with van der Waals surface area (Å²) in [6.45, 7) is 5.39. The molecule has 0 bridgehead atoms. The summed E-state index contributed by atoms with van der Waals surface area (Å²) < 4.78 is 18.9. The number of aromatic nitrogens is 1. The molecule has 0 amide bonds. The fraction of sp³-hybridized carbons (Fsp3) is 0.500. The minimum atomic E-state index is -0.279. The molecule has 1 N–H and O–H groups in total. The van der Waals surface area contributed by atoms with Gasteiger partial charge in [-0.25, -0.2) is 9.37 Å². The number of oxazole rings is 1. The molecule has 0 aliphatic carbocycles. The van der Waals surface area contributed by atoms with Gasteiger partial charge in [0.2, 0.25) is 5.89 Å². The first kappa shape index (κ1) is 11.7. The summed E-state index contributed by atoms with van der Waals surface area (Å²) in [7, 11) is 0. The van der Waals surface area contributed by atoms with Crippen molar-refractivity contribution in [3.8, 4) is 0 Å². The van der Waals surface area contributed by atoms with Crippen LogP contribution in [0.5, 0.6) is 0 Å². The average Bonchev–Trinajstić information content (AvgIpc) is 2.70. The van der Waals surface area contributed by atoms with Gasteiger partial charge in [-0.1, -0.05) is 13.8 Å². The van der Waals surface area contributed by atoms with Gasteiger partial charge in [0.05, 0.1) is 6.04 Å². The van der Waals surface area contributed by atoms with Crippen molar-refractivity contribution in [2.45, 2.75) is 32.7 Å². The van der Waals surface area contributed by atoms with E-state index in [9.17, 15) is 4.39 Å². The molecule has 3 nitrogen and oxygen atoms in total. The van der Waals surface area contributed by atoms with Crippen LogP contribution in [0.15, 0.2) is 22.6 Å². The molecule has 96 valence electrons. The Morgan fingerprint density at radius 2 is 2.28 bits per heavy atom. The number of rotatable bonds is 1. The van der Waals surface area contributed by atoms with Crippen LogP contribution < -0.4 is 5.32 Å². The first-order valence-electron chi connectivity index (χ1n) is 6.36. The van der Waals surface area contributed by atoms with Gasteiger partial charge in [-0.3, -0.25) is 0 Å². The van der Waals surface area contributed by atoms with Crippen molar-refractivity contribution in [3.63, 3.8) is 0 Å². The number of halogens is 1. The van der Waals surface area contributed by atoms with Crippen LogP contribution in [0.4, 0.5) is 4.39 Å². The fourth-order valence-electron chi connectivity index (χ4n) is 2.67. The molecule has 0 saturated carbocycles. The minimum Gasteiger partial charge on any atom is -0.439 e. The molecule has 1 aliphatic rings. The molecule has 4 heteroatoms. The topological polar surface area (TPSA) is 38.1 Å². The van der Waals surface area contributed by atoms with Crippen LogP contribution in [0.25, 0.3) is 11.1 Å². The first-order chi connectivity index (χ1) is 8.56. The van der Waals surface area contributed by atoms with Crippen LogP contribution >= 0.6 is 0 Å². The third-order valence-electron chi connectivity index (χ3n) is 3.74. The molecule has 18 heavy (non-hydrogen) atoms. The number of hydrogen-bond acceptors (Lipinski definition) is 3. The number of nitrogens with one attached hydrogen (secondary N) is 1. The average molecular weight is 248 g/mol. The van der Waals surface area contributed by atoms with Crippen LogP contribution in [0.3, 0.4) is 0 Å². The van der Waals surface area contributed by atoms with E-state index in [1.165, 1.54) is 18.6 Å². The van der Waals surface area contributed by atoms with E-state index in [0.29, 0.717) is 17.0 Å². The zero-order valence-corrected chi connectivity index (χ0v) is 10.7. The summed E-state index contributed by atoms with van der Waals surface area (Å²) in [6.07, 6.45) is 2.30. The molecule has 2 aromatic rings. The van der Waals surface area contributed by atoms with Crippen molar-refractivity contribution in [2.24, 2.45) is 5.41 Å². The molecule has 1 atom stereocenters. The number of nitrogens with zero attached hydrogens (tertiary/aromatic N) is 1. The van der Waals surface area contributed by atoms with Crippen molar-refractivity contribution in [1.29, 1.82) is 0 Å². The van der Waals surface area contributed by atoms with E-state index in [2.05, 4.69) is 24.1 Å². The van der Waals surface area contributed by atoms with Gasteiger partial charge >= 0.3 is 0 Å². The largest absolute Gasteiger partial charge is 0.439 e. The number of benzene rings is 1. The van der Waals surface area contributed by atoms with E-state index in [4.69, 9.17) is 4.42 Å². The number of piperidine rings is 1. The van der Waals surface area contributed by atoms with Gasteiger partial charge in [-0.05, 0) is 36.9 Å². The Morgan fingerprint density at radius 3 is 3.06 bits per heavy atom. The van der Waals surface area contributed by atoms with Crippen molar-refractivity contribution < 1.29 is 8.81 Å². The third-order valence-corrected chi connectivity index (χ3v) is 3.74. The Bertz CT molecular complexity index is 576. The monoisotopic (exact) mass is 248 g/mol. The lowest BCUT2D eigenvalue weighted by Crippen LogP contribution is -2.39. The van der Waals surface area contributed by atoms with E-state index in [0.717, 1.165) is 13.0 Å². The van der Waals surface area contributed by atoms with E-state index in [1.807, 2.05) is 0 Å². The predicted molar refractivity (Wildman–Crippen MR) is 67.7 cm³/mol. The summed E-state index contributed by atoms with van der Waals surface area (Å²) in [5, 5.41) is 3.45. The number of hydrogen-bond donors (Lipinski definition) is 1. The lowest BCUT2D eigenvalue weighted by molar-refractivity contribution is 0.157. The Balaban J connectivity index is 2.03. The van der Waals surface area contributed by atoms with Gasteiger partial charge in [0.15, 0.2) is 5.58 Å². The normalized spacial score (nSPS) is 23.4. The highest BCUT2D eigenvalue weighted by Crippen LogP contribution is 2.40. The van der Waals surface area contributed by atoms with Gasteiger partial charge in [-0.15, -0.1) is 0 Å². The highest BCUT2D eigenvalue weighted by molar-refractivity contribution is 5.72. The molecule has 1 aliphatic heterocycles. The van der Waals surface area contributed by atoms with Gasteiger partial charge < -0.3 is 9.73 Å². The van der Waals surface area contributed by atoms with Crippen molar-refractivity contribution >= 4 is 11.1 Å². The lowest BCUT2D eigenvalue weighted by atomic mass is 9.77. The summed E-state index contributed by atoms with van der Waals surface area (Å²) in [6, 6.07) is 4.55. The molecule has 1 fully saturated rings. The molecule has 1 unspecified atom stereocenters. The summed E-state index contributed by atoms with van der Waals surface area (Å²) in [4.78, 5) is 4.42. The van der Waals surface area contributed by atoms with Crippen LogP contribution in [0, 0.1) is 11.2 Å². The Labute approximate surface area is 105 Å². The maximum Gasteiger partial charge on any atom is 0.213 e. The molecular formula is C14H17FN2O. The molecule has 1 aromatic carbocycles. The molecule has 3 rings (SSSR count). The predicted octanol–water partition coefficient (Wildman–Crippen LogP) is 3.42. The second-order valence-electron chi connectivity index (χ2n) is 5.64. The summed E-state index contributed by atoms with van der Waals surface area (Å²) in [5.74, 6) is 0.388. The Hall–Kier alpha value is -1.42. The van der Waals surface area contributed by atoms with Crippen LogP contribution in [0.1, 0.15) is 38.6 Å². The second-order valence-corrected chi connectivity index (χ2v) is 5.64. The Kier molecular flexibility index (Phi) is 2.63. The molecule has 1 aromatic heterocycles. The summed E-state index contributed by atoms with van der Waals surface area (Å²) >= 11 is 0. The zero-order chi connectivity index (χ0) is 12.8. The zero-order valence-electron chi connectivity index (χ0n) is 10.7. The minimum absolute atomic E-state index is 0.0988. The fourth-order valence-corrected chi connectivity index (χ4v) is 2.67. The molecule has 0 radical (unpaired) electrons. The van der Waals surface area contributed by atoms with E-state index in [1.54, 1.807) is 6.07 Å². The van der Waals surface area contributed by atoms with Crippen LogP contribution in [0.2, 0.25) is 0 Å². The van der Waals surface area contributed by atoms with Gasteiger partial charge in [0.1, 0.15) is 11.3 Å². The van der Waals surface area contributed by atoms with E-state index < -0.39 is 0 Å². The maximum absolute atomic E-state index is 13.1. The molecule has 0 spiro atoms. The van der Waals surface area contributed by atoms with Crippen LogP contribution in [-0.4, -0.2) is 11.5 Å². The SMILES string of the molecule is CC1(C)CCCNC1c1nc2cc(F)ccc2o1. The van der Waals surface area contributed by atoms with Gasteiger partial charge in [0.25, 0.3) is 0 Å². The molecule has 1 saturated heterocycles. The molecular weight excluding hydrogens is 231 g/mol. The maximum atomic E-state index is 13.1. The highest BCUT2D eigenvalue weighted by Gasteiger charge is 2.36. The summed E-state index contributed by atoms with van der Waals surface area (Å²) in [5.41, 5.74) is 1.35. The third kappa shape index (κ3) is 1.90. The Morgan fingerprint density at radius 1 is 1.44 bits per heavy atom. The van der Waals surface area contributed by atoms with Crippen molar-refractivity contribution in [2.75, 3.05) is 6.54 Å². The van der Waals surface area contributed by atoms with Gasteiger partial charge in [0, 0.05) is 6.07 Å². The highest BCUT2D eigenvalue weighted by atomic mass is 19.1. The first-order valence-corrected chi connectivity index (χ1v) is 6.36. The second kappa shape index (κ2) is 4.05. The van der Waals surface area contributed by atoms with Crippen LogP contribution in [-0.2, 0) is 0 Å².